The average Bonchev–Trinajstić information content (AvgIpc) is 3.01. The molecule has 0 unspecified atom stereocenters. The van der Waals surface area contributed by atoms with Gasteiger partial charge in [0.25, 0.3) is 0 Å². The molecule has 0 saturated heterocycles. The van der Waals surface area contributed by atoms with E-state index >= 15 is 0 Å². The van der Waals surface area contributed by atoms with E-state index in [2.05, 4.69) is 52.5 Å². The van der Waals surface area contributed by atoms with Gasteiger partial charge in [-0.1, -0.05) is 43.8 Å². The van der Waals surface area contributed by atoms with Crippen molar-refractivity contribution in [3.05, 3.63) is 53.9 Å². The molecule has 2 heterocycles. The molecule has 0 spiro atoms. The lowest BCUT2D eigenvalue weighted by atomic mass is 10.1. The van der Waals surface area contributed by atoms with Crippen LogP contribution in [-0.2, 0) is 6.42 Å². The average molecular weight is 313 g/mol. The van der Waals surface area contributed by atoms with Gasteiger partial charge in [-0.15, -0.1) is 0 Å². The summed E-state index contributed by atoms with van der Waals surface area (Å²) in [5.41, 5.74) is 3.67. The van der Waals surface area contributed by atoms with Crippen LogP contribution in [0.1, 0.15) is 31.5 Å². The monoisotopic (exact) mass is 313 g/mol. The fourth-order valence-corrected chi connectivity index (χ4v) is 2.79. The fraction of sp³-hybridized carbons (Fsp3) is 0.421. The number of benzene rings is 1. The summed E-state index contributed by atoms with van der Waals surface area (Å²) in [7, 11) is 2.14. The van der Waals surface area contributed by atoms with E-state index in [1.165, 1.54) is 11.1 Å². The SMILES string of the molecule is C.CN1CCC=C(c2[nH]ncc2OCCCc2ccccc2)C1. The summed E-state index contributed by atoms with van der Waals surface area (Å²) in [6, 6.07) is 10.5. The highest BCUT2D eigenvalue weighted by molar-refractivity contribution is 5.69. The first kappa shape index (κ1) is 17.3. The van der Waals surface area contributed by atoms with Crippen molar-refractivity contribution in [2.75, 3.05) is 26.7 Å². The highest BCUT2D eigenvalue weighted by atomic mass is 16.5. The van der Waals surface area contributed by atoms with Gasteiger partial charge in [0.2, 0.25) is 0 Å². The van der Waals surface area contributed by atoms with Gasteiger partial charge < -0.3 is 9.64 Å². The number of hydrogen-bond acceptors (Lipinski definition) is 3. The molecule has 4 heteroatoms. The molecular formula is C19H27N3O. The van der Waals surface area contributed by atoms with Crippen molar-refractivity contribution in [1.29, 1.82) is 0 Å². The molecule has 0 bridgehead atoms. The maximum absolute atomic E-state index is 5.93. The van der Waals surface area contributed by atoms with Crippen LogP contribution in [-0.4, -0.2) is 41.8 Å². The van der Waals surface area contributed by atoms with Crippen molar-refractivity contribution in [3.63, 3.8) is 0 Å². The van der Waals surface area contributed by atoms with E-state index in [0.29, 0.717) is 6.61 Å². The number of aryl methyl sites for hydroxylation is 1. The highest BCUT2D eigenvalue weighted by Gasteiger charge is 2.16. The minimum Gasteiger partial charge on any atom is -0.490 e. The van der Waals surface area contributed by atoms with Gasteiger partial charge in [0.1, 0.15) is 5.69 Å². The Balaban J connectivity index is 0.00000192. The summed E-state index contributed by atoms with van der Waals surface area (Å²) in [5.74, 6) is 0.870. The van der Waals surface area contributed by atoms with Crippen LogP contribution in [0.15, 0.2) is 42.6 Å². The molecule has 0 fully saturated rings. The lowest BCUT2D eigenvalue weighted by Crippen LogP contribution is -2.25. The molecule has 1 N–H and O–H groups in total. The van der Waals surface area contributed by atoms with Gasteiger partial charge in [-0.25, -0.2) is 0 Å². The maximum Gasteiger partial charge on any atom is 0.164 e. The second-order valence-electron chi connectivity index (χ2n) is 5.80. The summed E-state index contributed by atoms with van der Waals surface area (Å²) in [5, 5.41) is 7.23. The molecule has 4 nitrogen and oxygen atoms in total. The van der Waals surface area contributed by atoms with E-state index in [0.717, 1.165) is 43.8 Å². The van der Waals surface area contributed by atoms with E-state index in [1.807, 2.05) is 6.07 Å². The number of hydrogen-bond donors (Lipinski definition) is 1. The van der Waals surface area contributed by atoms with Crippen LogP contribution >= 0.6 is 0 Å². The van der Waals surface area contributed by atoms with Crippen LogP contribution in [0.4, 0.5) is 0 Å². The smallest absolute Gasteiger partial charge is 0.164 e. The Hall–Kier alpha value is -2.07. The van der Waals surface area contributed by atoms with Crippen molar-refractivity contribution in [2.45, 2.75) is 26.7 Å². The quantitative estimate of drug-likeness (QED) is 0.825. The Morgan fingerprint density at radius 2 is 2.09 bits per heavy atom. The Labute approximate surface area is 139 Å². The molecular weight excluding hydrogens is 286 g/mol. The second kappa shape index (κ2) is 8.53. The largest absolute Gasteiger partial charge is 0.490 e. The Bertz CT molecular complexity index is 619. The molecule has 0 amide bonds. The number of aromatic amines is 1. The molecule has 1 aliphatic rings. The summed E-state index contributed by atoms with van der Waals surface area (Å²) < 4.78 is 5.93. The van der Waals surface area contributed by atoms with Gasteiger partial charge in [0.05, 0.1) is 12.8 Å². The number of rotatable bonds is 6. The van der Waals surface area contributed by atoms with Crippen molar-refractivity contribution in [3.8, 4) is 5.75 Å². The summed E-state index contributed by atoms with van der Waals surface area (Å²) >= 11 is 0. The van der Waals surface area contributed by atoms with Crippen molar-refractivity contribution in [2.24, 2.45) is 0 Å². The first-order chi connectivity index (χ1) is 10.8. The number of ether oxygens (including phenoxy) is 1. The van der Waals surface area contributed by atoms with Crippen molar-refractivity contribution >= 4 is 5.57 Å². The molecule has 2 aromatic rings. The molecule has 3 rings (SSSR count). The Morgan fingerprint density at radius 1 is 1.26 bits per heavy atom. The zero-order chi connectivity index (χ0) is 15.2. The van der Waals surface area contributed by atoms with Gasteiger partial charge in [-0.3, -0.25) is 5.10 Å². The van der Waals surface area contributed by atoms with E-state index < -0.39 is 0 Å². The Morgan fingerprint density at radius 3 is 2.87 bits per heavy atom. The van der Waals surface area contributed by atoms with Crippen LogP contribution in [0.3, 0.4) is 0 Å². The van der Waals surface area contributed by atoms with E-state index in [9.17, 15) is 0 Å². The van der Waals surface area contributed by atoms with Crippen LogP contribution in [0.2, 0.25) is 0 Å². The molecule has 0 radical (unpaired) electrons. The summed E-state index contributed by atoms with van der Waals surface area (Å²) in [6.07, 6.45) is 7.20. The van der Waals surface area contributed by atoms with E-state index in [1.54, 1.807) is 6.20 Å². The summed E-state index contributed by atoms with van der Waals surface area (Å²) in [4.78, 5) is 2.31. The van der Waals surface area contributed by atoms with Crippen LogP contribution < -0.4 is 4.74 Å². The predicted molar refractivity (Wildman–Crippen MR) is 95.7 cm³/mol. The molecule has 1 aromatic carbocycles. The van der Waals surface area contributed by atoms with E-state index in [4.69, 9.17) is 4.74 Å². The lowest BCUT2D eigenvalue weighted by Gasteiger charge is -2.22. The van der Waals surface area contributed by atoms with Gasteiger partial charge in [-0.2, -0.15) is 5.10 Å². The molecule has 1 aromatic heterocycles. The van der Waals surface area contributed by atoms with Gasteiger partial charge in [0.15, 0.2) is 5.75 Å². The molecule has 23 heavy (non-hydrogen) atoms. The predicted octanol–water partition coefficient (Wildman–Crippen LogP) is 3.78. The highest BCUT2D eigenvalue weighted by Crippen LogP contribution is 2.26. The van der Waals surface area contributed by atoms with Crippen LogP contribution in [0.5, 0.6) is 5.75 Å². The lowest BCUT2D eigenvalue weighted by molar-refractivity contribution is 0.309. The number of nitrogens with one attached hydrogen (secondary N) is 1. The van der Waals surface area contributed by atoms with Gasteiger partial charge in [0, 0.05) is 13.1 Å². The third-order valence-corrected chi connectivity index (χ3v) is 3.98. The third kappa shape index (κ3) is 4.70. The fourth-order valence-electron chi connectivity index (χ4n) is 2.79. The second-order valence-corrected chi connectivity index (χ2v) is 5.80. The van der Waals surface area contributed by atoms with Crippen molar-refractivity contribution in [1.82, 2.24) is 15.1 Å². The zero-order valence-electron chi connectivity index (χ0n) is 13.1. The third-order valence-electron chi connectivity index (χ3n) is 3.98. The first-order valence-electron chi connectivity index (χ1n) is 7.91. The van der Waals surface area contributed by atoms with Crippen LogP contribution in [0, 0.1) is 0 Å². The number of H-pyrrole nitrogens is 1. The number of likely N-dealkylation sites (N-methyl/N-ethyl adjacent to an activating group) is 1. The topological polar surface area (TPSA) is 41.2 Å². The standard InChI is InChI=1S/C18H23N3O.CH4/c1-21-11-5-10-16(14-21)18-17(13-19-20-18)22-12-6-9-15-7-3-2-4-8-15;/h2-4,7-8,10,13H,5-6,9,11-12,14H2,1H3,(H,19,20);1H4. The van der Waals surface area contributed by atoms with E-state index in [-0.39, 0.29) is 7.43 Å². The summed E-state index contributed by atoms with van der Waals surface area (Å²) in [6.45, 7) is 2.78. The normalized spacial score (nSPS) is 14.9. The molecule has 0 saturated carbocycles. The maximum atomic E-state index is 5.93. The molecule has 0 atom stereocenters. The molecule has 0 aliphatic carbocycles. The van der Waals surface area contributed by atoms with Crippen molar-refractivity contribution < 1.29 is 4.74 Å². The number of nitrogens with zero attached hydrogens (tertiary/aromatic N) is 2. The molecule has 1 aliphatic heterocycles. The van der Waals surface area contributed by atoms with Gasteiger partial charge >= 0.3 is 0 Å². The molecule has 124 valence electrons. The van der Waals surface area contributed by atoms with Gasteiger partial charge in [-0.05, 0) is 37.4 Å². The minimum atomic E-state index is 0. The minimum absolute atomic E-state index is 0. The zero-order valence-corrected chi connectivity index (χ0v) is 13.1. The Kier molecular flexibility index (Phi) is 6.41. The number of aromatic nitrogens is 2. The van der Waals surface area contributed by atoms with Crippen LogP contribution in [0.25, 0.3) is 5.57 Å². The first-order valence-corrected chi connectivity index (χ1v) is 7.91.